The molecular formula is C13H7F3O. The van der Waals surface area contributed by atoms with Crippen molar-refractivity contribution in [3.8, 4) is 11.1 Å². The van der Waals surface area contributed by atoms with Gasteiger partial charge in [0.25, 0.3) is 0 Å². The Balaban J connectivity index is 2.65. The second kappa shape index (κ2) is 4.41. The maximum atomic E-state index is 13.3. The third kappa shape index (κ3) is 2.20. The van der Waals surface area contributed by atoms with Gasteiger partial charge in [-0.05, 0) is 29.3 Å². The van der Waals surface area contributed by atoms with Crippen molar-refractivity contribution in [2.24, 2.45) is 0 Å². The Hall–Kier alpha value is -2.10. The lowest BCUT2D eigenvalue weighted by Crippen LogP contribution is -1.95. The Morgan fingerprint density at radius 1 is 0.882 bits per heavy atom. The number of benzene rings is 2. The lowest BCUT2D eigenvalue weighted by atomic mass is 10.00. The van der Waals surface area contributed by atoms with Gasteiger partial charge >= 0.3 is 0 Å². The Kier molecular flexibility index (Phi) is 2.95. The zero-order valence-electron chi connectivity index (χ0n) is 8.58. The summed E-state index contributed by atoms with van der Waals surface area (Å²) in [5, 5.41) is 0. The van der Waals surface area contributed by atoms with Gasteiger partial charge in [-0.1, -0.05) is 12.1 Å². The van der Waals surface area contributed by atoms with Crippen molar-refractivity contribution < 1.29 is 18.0 Å². The SMILES string of the molecule is O=Cc1c(F)cc(F)cc1-c1ccc(F)cc1. The number of hydrogen-bond acceptors (Lipinski definition) is 1. The molecule has 0 N–H and O–H groups in total. The van der Waals surface area contributed by atoms with Gasteiger partial charge in [-0.2, -0.15) is 0 Å². The topological polar surface area (TPSA) is 17.1 Å². The zero-order chi connectivity index (χ0) is 12.4. The van der Waals surface area contributed by atoms with E-state index in [-0.39, 0.29) is 11.1 Å². The Bertz CT molecular complexity index is 562. The van der Waals surface area contributed by atoms with E-state index in [0.29, 0.717) is 17.9 Å². The molecule has 2 aromatic carbocycles. The molecule has 0 spiro atoms. The van der Waals surface area contributed by atoms with Crippen molar-refractivity contribution in [2.45, 2.75) is 0 Å². The van der Waals surface area contributed by atoms with Crippen LogP contribution in [-0.2, 0) is 0 Å². The van der Waals surface area contributed by atoms with Gasteiger partial charge in [-0.25, -0.2) is 13.2 Å². The number of hydrogen-bond donors (Lipinski definition) is 0. The average Bonchev–Trinajstić information content (AvgIpc) is 2.29. The Labute approximate surface area is 95.5 Å². The normalized spacial score (nSPS) is 10.3. The highest BCUT2D eigenvalue weighted by Crippen LogP contribution is 2.26. The van der Waals surface area contributed by atoms with E-state index < -0.39 is 17.5 Å². The molecule has 0 aromatic heterocycles. The van der Waals surface area contributed by atoms with Crippen LogP contribution in [0.4, 0.5) is 13.2 Å². The average molecular weight is 236 g/mol. The fourth-order valence-electron chi connectivity index (χ4n) is 1.57. The molecule has 0 bridgehead atoms. The summed E-state index contributed by atoms with van der Waals surface area (Å²) >= 11 is 0. The molecule has 1 nitrogen and oxygen atoms in total. The van der Waals surface area contributed by atoms with Gasteiger partial charge in [-0.3, -0.25) is 4.79 Å². The Morgan fingerprint density at radius 2 is 1.53 bits per heavy atom. The quantitative estimate of drug-likeness (QED) is 0.728. The number of halogens is 3. The summed E-state index contributed by atoms with van der Waals surface area (Å²) in [4.78, 5) is 10.8. The number of carbonyl (C=O) groups is 1. The summed E-state index contributed by atoms with van der Waals surface area (Å²) in [5.74, 6) is -2.18. The molecule has 4 heteroatoms. The molecule has 2 rings (SSSR count). The van der Waals surface area contributed by atoms with Crippen LogP contribution in [0.25, 0.3) is 11.1 Å². The molecule has 0 aliphatic carbocycles. The van der Waals surface area contributed by atoms with Gasteiger partial charge in [0.1, 0.15) is 17.5 Å². The molecule has 0 saturated heterocycles. The molecule has 2 aromatic rings. The maximum Gasteiger partial charge on any atom is 0.153 e. The van der Waals surface area contributed by atoms with Crippen molar-refractivity contribution in [1.29, 1.82) is 0 Å². The molecule has 0 amide bonds. The fourth-order valence-corrected chi connectivity index (χ4v) is 1.57. The number of carbonyl (C=O) groups excluding carboxylic acids is 1. The molecule has 0 aliphatic heterocycles. The van der Waals surface area contributed by atoms with Gasteiger partial charge in [0, 0.05) is 6.07 Å². The van der Waals surface area contributed by atoms with Crippen molar-refractivity contribution in [1.82, 2.24) is 0 Å². The molecule has 0 radical (unpaired) electrons. The molecular weight excluding hydrogens is 229 g/mol. The first-order chi connectivity index (χ1) is 8.11. The highest BCUT2D eigenvalue weighted by atomic mass is 19.1. The van der Waals surface area contributed by atoms with Crippen LogP contribution in [0.15, 0.2) is 36.4 Å². The highest BCUT2D eigenvalue weighted by molar-refractivity contribution is 5.87. The van der Waals surface area contributed by atoms with Crippen LogP contribution in [0.3, 0.4) is 0 Å². The van der Waals surface area contributed by atoms with Gasteiger partial charge in [0.05, 0.1) is 5.56 Å². The third-order valence-electron chi connectivity index (χ3n) is 2.37. The molecule has 0 fully saturated rings. The second-order valence-electron chi connectivity index (χ2n) is 3.47. The minimum absolute atomic E-state index is 0.109. The van der Waals surface area contributed by atoms with Crippen molar-refractivity contribution in [3.63, 3.8) is 0 Å². The summed E-state index contributed by atoms with van der Waals surface area (Å²) in [5.41, 5.74) is 0.252. The van der Waals surface area contributed by atoms with Crippen molar-refractivity contribution >= 4 is 6.29 Å². The van der Waals surface area contributed by atoms with Gasteiger partial charge in [0.15, 0.2) is 6.29 Å². The van der Waals surface area contributed by atoms with Crippen LogP contribution in [0.2, 0.25) is 0 Å². The first-order valence-electron chi connectivity index (χ1n) is 4.82. The van der Waals surface area contributed by atoms with E-state index in [1.165, 1.54) is 12.1 Å². The first-order valence-corrected chi connectivity index (χ1v) is 4.82. The standard InChI is InChI=1S/C13H7F3O/c14-9-3-1-8(2-4-9)11-5-10(15)6-13(16)12(11)7-17/h1-7H. The predicted octanol–water partition coefficient (Wildman–Crippen LogP) is 3.58. The predicted molar refractivity (Wildman–Crippen MR) is 57.1 cm³/mol. The van der Waals surface area contributed by atoms with E-state index in [1.54, 1.807) is 0 Å². The summed E-state index contributed by atoms with van der Waals surface area (Å²) in [6.07, 6.45) is 0.313. The molecule has 17 heavy (non-hydrogen) atoms. The summed E-state index contributed by atoms with van der Waals surface area (Å²) in [7, 11) is 0. The van der Waals surface area contributed by atoms with Crippen LogP contribution in [0.1, 0.15) is 10.4 Å². The molecule has 0 heterocycles. The highest BCUT2D eigenvalue weighted by Gasteiger charge is 2.12. The lowest BCUT2D eigenvalue weighted by molar-refractivity contribution is 0.112. The molecule has 0 atom stereocenters. The van der Waals surface area contributed by atoms with Crippen molar-refractivity contribution in [2.75, 3.05) is 0 Å². The minimum atomic E-state index is -0.931. The number of rotatable bonds is 2. The van der Waals surface area contributed by atoms with Gasteiger partial charge in [-0.15, -0.1) is 0 Å². The van der Waals surface area contributed by atoms with E-state index in [4.69, 9.17) is 0 Å². The largest absolute Gasteiger partial charge is 0.298 e. The second-order valence-corrected chi connectivity index (χ2v) is 3.47. The van der Waals surface area contributed by atoms with E-state index in [2.05, 4.69) is 0 Å². The van der Waals surface area contributed by atoms with Gasteiger partial charge in [0.2, 0.25) is 0 Å². The minimum Gasteiger partial charge on any atom is -0.298 e. The summed E-state index contributed by atoms with van der Waals surface area (Å²) in [6, 6.07) is 6.71. The zero-order valence-corrected chi connectivity index (χ0v) is 8.58. The smallest absolute Gasteiger partial charge is 0.153 e. The van der Waals surface area contributed by atoms with Crippen LogP contribution >= 0.6 is 0 Å². The van der Waals surface area contributed by atoms with Crippen LogP contribution in [0, 0.1) is 17.5 Å². The van der Waals surface area contributed by atoms with Crippen LogP contribution in [0.5, 0.6) is 0 Å². The van der Waals surface area contributed by atoms with E-state index >= 15 is 0 Å². The Morgan fingerprint density at radius 3 is 2.12 bits per heavy atom. The van der Waals surface area contributed by atoms with E-state index in [1.807, 2.05) is 0 Å². The molecule has 86 valence electrons. The van der Waals surface area contributed by atoms with E-state index in [0.717, 1.165) is 18.2 Å². The molecule has 0 saturated carbocycles. The van der Waals surface area contributed by atoms with Gasteiger partial charge < -0.3 is 0 Å². The molecule has 0 unspecified atom stereocenters. The lowest BCUT2D eigenvalue weighted by Gasteiger charge is -2.06. The number of aldehydes is 1. The summed E-state index contributed by atoms with van der Waals surface area (Å²) < 4.78 is 39.1. The first kappa shape index (κ1) is 11.4. The van der Waals surface area contributed by atoms with Crippen LogP contribution < -0.4 is 0 Å². The fraction of sp³-hybridized carbons (Fsp3) is 0. The van der Waals surface area contributed by atoms with Crippen LogP contribution in [-0.4, -0.2) is 6.29 Å². The monoisotopic (exact) mass is 236 g/mol. The third-order valence-corrected chi connectivity index (χ3v) is 2.37. The maximum absolute atomic E-state index is 13.3. The summed E-state index contributed by atoms with van der Waals surface area (Å²) in [6.45, 7) is 0. The molecule has 0 aliphatic rings. The van der Waals surface area contributed by atoms with E-state index in [9.17, 15) is 18.0 Å². The van der Waals surface area contributed by atoms with Crippen molar-refractivity contribution in [3.05, 3.63) is 59.4 Å².